The van der Waals surface area contributed by atoms with Crippen molar-refractivity contribution in [2.45, 2.75) is 13.0 Å². The molecule has 0 saturated carbocycles. The number of nitrogens with zero attached hydrogens (tertiary/aromatic N) is 1. The molecule has 1 rings (SSSR count). The highest BCUT2D eigenvalue weighted by Gasteiger charge is 2.14. The van der Waals surface area contributed by atoms with Gasteiger partial charge in [-0.3, -0.25) is 0 Å². The first-order chi connectivity index (χ1) is 6.15. The van der Waals surface area contributed by atoms with Crippen LogP contribution in [0.4, 0.5) is 0 Å². The molecule has 0 aliphatic heterocycles. The van der Waals surface area contributed by atoms with E-state index in [4.69, 9.17) is 5.26 Å². The second-order valence-corrected chi connectivity index (χ2v) is 4.16. The van der Waals surface area contributed by atoms with Crippen molar-refractivity contribution >= 4 is 22.6 Å². The van der Waals surface area contributed by atoms with E-state index in [1.165, 1.54) is 0 Å². The molecule has 0 amide bonds. The number of halogens is 1. The molecule has 0 spiro atoms. The van der Waals surface area contributed by atoms with Gasteiger partial charge in [0.1, 0.15) is 0 Å². The Morgan fingerprint density at radius 1 is 1.38 bits per heavy atom. The second kappa shape index (κ2) is 4.58. The van der Waals surface area contributed by atoms with Gasteiger partial charge in [0.25, 0.3) is 0 Å². The maximum atomic E-state index is 9.65. The largest absolute Gasteiger partial charge is 0.387 e. The van der Waals surface area contributed by atoms with E-state index in [-0.39, 0.29) is 5.92 Å². The van der Waals surface area contributed by atoms with Crippen LogP contribution >= 0.6 is 22.6 Å². The number of benzene rings is 1. The molecule has 0 radical (unpaired) electrons. The number of hydrogen-bond acceptors (Lipinski definition) is 2. The Kier molecular flexibility index (Phi) is 3.70. The highest BCUT2D eigenvalue weighted by Crippen LogP contribution is 2.21. The van der Waals surface area contributed by atoms with Crippen LogP contribution in [0.1, 0.15) is 18.6 Å². The monoisotopic (exact) mass is 287 g/mol. The van der Waals surface area contributed by atoms with Gasteiger partial charge in [-0.25, -0.2) is 0 Å². The van der Waals surface area contributed by atoms with Crippen molar-refractivity contribution in [3.8, 4) is 6.07 Å². The van der Waals surface area contributed by atoms with Crippen LogP contribution in [-0.4, -0.2) is 5.11 Å². The standard InChI is InChI=1S/C10H10INO/c1-7(6-12)10(13)8-2-4-9(11)5-3-8/h2-5,7,10,13H,1H3. The molecule has 1 N–H and O–H groups in total. The molecule has 0 heterocycles. The van der Waals surface area contributed by atoms with Gasteiger partial charge in [0.05, 0.1) is 18.1 Å². The minimum atomic E-state index is -0.679. The SMILES string of the molecule is CC(C#N)C(O)c1ccc(I)cc1. The van der Waals surface area contributed by atoms with Gasteiger partial charge in [-0.2, -0.15) is 5.26 Å². The van der Waals surface area contributed by atoms with Gasteiger partial charge in [-0.15, -0.1) is 0 Å². The summed E-state index contributed by atoms with van der Waals surface area (Å²) in [5, 5.41) is 18.3. The van der Waals surface area contributed by atoms with Crippen molar-refractivity contribution in [1.29, 1.82) is 5.26 Å². The van der Waals surface area contributed by atoms with E-state index in [0.717, 1.165) is 9.13 Å². The summed E-state index contributed by atoms with van der Waals surface area (Å²) in [6, 6.07) is 9.56. The van der Waals surface area contributed by atoms with Crippen molar-refractivity contribution in [3.63, 3.8) is 0 Å². The van der Waals surface area contributed by atoms with Crippen LogP contribution in [0, 0.1) is 20.8 Å². The number of aliphatic hydroxyl groups excluding tert-OH is 1. The molecule has 0 bridgehead atoms. The van der Waals surface area contributed by atoms with Gasteiger partial charge in [0.15, 0.2) is 0 Å². The van der Waals surface area contributed by atoms with Gasteiger partial charge in [0.2, 0.25) is 0 Å². The first kappa shape index (κ1) is 10.5. The molecule has 2 unspecified atom stereocenters. The smallest absolute Gasteiger partial charge is 0.0945 e. The maximum Gasteiger partial charge on any atom is 0.0945 e. The quantitative estimate of drug-likeness (QED) is 0.849. The zero-order valence-corrected chi connectivity index (χ0v) is 9.39. The zero-order chi connectivity index (χ0) is 9.84. The van der Waals surface area contributed by atoms with E-state index in [1.54, 1.807) is 6.92 Å². The molecule has 2 atom stereocenters. The molecule has 0 aromatic heterocycles. The molecule has 1 aromatic rings. The van der Waals surface area contributed by atoms with Crippen LogP contribution in [0.25, 0.3) is 0 Å². The molecule has 3 heteroatoms. The molecule has 13 heavy (non-hydrogen) atoms. The van der Waals surface area contributed by atoms with Gasteiger partial charge in [-0.1, -0.05) is 12.1 Å². The predicted octanol–water partition coefficient (Wildman–Crippen LogP) is 2.48. The highest BCUT2D eigenvalue weighted by atomic mass is 127. The summed E-state index contributed by atoms with van der Waals surface area (Å²) in [6.07, 6.45) is -0.679. The number of aliphatic hydroxyl groups is 1. The Bertz CT molecular complexity index is 315. The van der Waals surface area contributed by atoms with Crippen LogP contribution in [-0.2, 0) is 0 Å². The molecule has 0 aliphatic carbocycles. The fraction of sp³-hybridized carbons (Fsp3) is 0.300. The van der Waals surface area contributed by atoms with Crippen molar-refractivity contribution in [3.05, 3.63) is 33.4 Å². The van der Waals surface area contributed by atoms with Crippen molar-refractivity contribution < 1.29 is 5.11 Å². The molecule has 1 aromatic carbocycles. The normalized spacial score (nSPS) is 14.6. The predicted molar refractivity (Wildman–Crippen MR) is 58.9 cm³/mol. The number of rotatable bonds is 2. The van der Waals surface area contributed by atoms with Crippen LogP contribution < -0.4 is 0 Å². The average Bonchev–Trinajstić information content (AvgIpc) is 2.17. The van der Waals surface area contributed by atoms with Gasteiger partial charge in [-0.05, 0) is 47.2 Å². The molecule has 0 saturated heterocycles. The zero-order valence-electron chi connectivity index (χ0n) is 7.24. The van der Waals surface area contributed by atoms with E-state index >= 15 is 0 Å². The third kappa shape index (κ3) is 2.68. The minimum absolute atomic E-state index is 0.361. The van der Waals surface area contributed by atoms with Crippen LogP contribution in [0.5, 0.6) is 0 Å². The third-order valence-electron chi connectivity index (χ3n) is 1.89. The first-order valence-electron chi connectivity index (χ1n) is 3.98. The Hall–Kier alpha value is -0.600. The van der Waals surface area contributed by atoms with Gasteiger partial charge >= 0.3 is 0 Å². The van der Waals surface area contributed by atoms with E-state index in [0.29, 0.717) is 0 Å². The Labute approximate surface area is 91.3 Å². The fourth-order valence-corrected chi connectivity index (χ4v) is 1.38. The lowest BCUT2D eigenvalue weighted by Gasteiger charge is -2.12. The van der Waals surface area contributed by atoms with Gasteiger partial charge in [0, 0.05) is 3.57 Å². The van der Waals surface area contributed by atoms with Crippen molar-refractivity contribution in [2.24, 2.45) is 5.92 Å². The van der Waals surface area contributed by atoms with Gasteiger partial charge < -0.3 is 5.11 Å². The molecule has 0 aliphatic rings. The van der Waals surface area contributed by atoms with Crippen LogP contribution in [0.3, 0.4) is 0 Å². The lowest BCUT2D eigenvalue weighted by atomic mass is 9.99. The molecule has 0 fully saturated rings. The van der Waals surface area contributed by atoms with Crippen LogP contribution in [0.2, 0.25) is 0 Å². The Balaban J connectivity index is 2.84. The number of hydrogen-bond donors (Lipinski definition) is 1. The maximum absolute atomic E-state index is 9.65. The summed E-state index contributed by atoms with van der Waals surface area (Å²) >= 11 is 2.20. The summed E-state index contributed by atoms with van der Waals surface area (Å²) < 4.78 is 1.12. The van der Waals surface area contributed by atoms with E-state index in [1.807, 2.05) is 30.3 Å². The second-order valence-electron chi connectivity index (χ2n) is 2.91. The molecule has 68 valence electrons. The van der Waals surface area contributed by atoms with E-state index < -0.39 is 6.10 Å². The average molecular weight is 287 g/mol. The number of nitriles is 1. The summed E-state index contributed by atoms with van der Waals surface area (Å²) in [5.74, 6) is -0.361. The van der Waals surface area contributed by atoms with Crippen LogP contribution in [0.15, 0.2) is 24.3 Å². The Morgan fingerprint density at radius 3 is 2.38 bits per heavy atom. The summed E-state index contributed by atoms with van der Waals surface area (Å²) in [6.45, 7) is 1.71. The summed E-state index contributed by atoms with van der Waals surface area (Å²) in [7, 11) is 0. The fourth-order valence-electron chi connectivity index (χ4n) is 1.02. The molecular weight excluding hydrogens is 277 g/mol. The highest BCUT2D eigenvalue weighted by molar-refractivity contribution is 14.1. The Morgan fingerprint density at radius 2 is 1.92 bits per heavy atom. The molecular formula is C10H10INO. The van der Waals surface area contributed by atoms with Crippen molar-refractivity contribution in [1.82, 2.24) is 0 Å². The van der Waals surface area contributed by atoms with Crippen molar-refractivity contribution in [2.75, 3.05) is 0 Å². The lowest BCUT2D eigenvalue weighted by molar-refractivity contribution is 0.143. The summed E-state index contributed by atoms with van der Waals surface area (Å²) in [5.41, 5.74) is 0.800. The minimum Gasteiger partial charge on any atom is -0.387 e. The van der Waals surface area contributed by atoms with E-state index in [9.17, 15) is 5.11 Å². The summed E-state index contributed by atoms with van der Waals surface area (Å²) in [4.78, 5) is 0. The third-order valence-corrected chi connectivity index (χ3v) is 2.61. The van der Waals surface area contributed by atoms with E-state index in [2.05, 4.69) is 22.6 Å². The first-order valence-corrected chi connectivity index (χ1v) is 5.06. The topological polar surface area (TPSA) is 44.0 Å². The molecule has 2 nitrogen and oxygen atoms in total. The lowest BCUT2D eigenvalue weighted by Crippen LogP contribution is -2.06.